The summed E-state index contributed by atoms with van der Waals surface area (Å²) in [6.45, 7) is 0. The van der Waals surface area contributed by atoms with Crippen LogP contribution in [0.2, 0.25) is 0 Å². The predicted molar refractivity (Wildman–Crippen MR) is 71.1 cm³/mol. The van der Waals surface area contributed by atoms with Gasteiger partial charge in [0.05, 0.1) is 0 Å². The fourth-order valence-electron chi connectivity index (χ4n) is 1.98. The van der Waals surface area contributed by atoms with Crippen LogP contribution in [-0.4, -0.2) is 69.3 Å². The van der Waals surface area contributed by atoms with E-state index in [1.165, 1.54) is 0 Å². The van der Waals surface area contributed by atoms with Gasteiger partial charge in [-0.25, -0.2) is 12.9 Å². The van der Waals surface area contributed by atoms with Crippen molar-refractivity contribution in [1.82, 2.24) is 0 Å². The van der Waals surface area contributed by atoms with E-state index in [0.29, 0.717) is 0 Å². The normalized spacial score (nSPS) is 17.1. The Balaban J connectivity index is 7.33. The first-order valence-corrected chi connectivity index (χ1v) is 9.92. The van der Waals surface area contributed by atoms with Crippen molar-refractivity contribution in [2.24, 2.45) is 0 Å². The zero-order valence-electron chi connectivity index (χ0n) is 17.1. The molecule has 0 N–H and O–H groups in total. The highest BCUT2D eigenvalue weighted by atomic mass is 28.4. The number of rotatable bonds is 10. The van der Waals surface area contributed by atoms with E-state index in [1.54, 1.807) is 8.85 Å². The van der Waals surface area contributed by atoms with E-state index in [1.807, 2.05) is 0 Å². The van der Waals surface area contributed by atoms with Crippen molar-refractivity contribution in [2.75, 3.05) is 0 Å². The second-order valence-electron chi connectivity index (χ2n) is 6.78. The van der Waals surface area contributed by atoms with E-state index in [-0.39, 0.29) is 0 Å². The predicted octanol–water partition coefficient (Wildman–Crippen LogP) is 8.67. The fraction of sp³-hybridized carbons (Fsp3) is 0.833. The van der Waals surface area contributed by atoms with E-state index in [2.05, 4.69) is 0 Å². The summed E-state index contributed by atoms with van der Waals surface area (Å²) in [6, 6.07) is 0. The average Bonchev–Trinajstić information content (AvgIpc) is 2.67. The van der Waals surface area contributed by atoms with Crippen molar-refractivity contribution in [1.29, 1.82) is 0 Å². The fourth-order valence-corrected chi connectivity index (χ4v) is 3.21. The maximum absolute atomic E-state index is 13.7. The summed E-state index contributed by atoms with van der Waals surface area (Å²) in [5.41, 5.74) is -5.38. The maximum Gasteiger partial charge on any atom is 0.621 e. The molecule has 0 heterocycles. The smallest absolute Gasteiger partial charge is 0.276 e. The maximum atomic E-state index is 13.7. The molecule has 0 saturated carbocycles. The highest BCUT2D eigenvalue weighted by molar-refractivity contribution is 6.67. The third-order valence-electron chi connectivity index (χ3n) is 3.95. The zero-order chi connectivity index (χ0) is 34.1. The molecule has 0 amide bonds. The summed E-state index contributed by atoms with van der Waals surface area (Å²) in [6.07, 6.45) is -22.4. The Hall–Kier alpha value is -1.94. The molecule has 0 aliphatic rings. The zero-order valence-corrected chi connectivity index (χ0v) is 18.1. The van der Waals surface area contributed by atoms with Gasteiger partial charge in [-0.05, 0) is 0 Å². The molecule has 0 aliphatic heterocycles. The van der Waals surface area contributed by atoms with Crippen molar-refractivity contribution in [3.8, 4) is 0 Å². The van der Waals surface area contributed by atoms with Crippen molar-refractivity contribution in [3.05, 3.63) is 11.3 Å². The molecule has 0 aromatic heterocycles. The molecule has 246 valence electrons. The third-order valence-corrected chi connectivity index (χ3v) is 5.68. The van der Waals surface area contributed by atoms with Gasteiger partial charge in [0.1, 0.15) is 0 Å². The lowest BCUT2D eigenvalue weighted by molar-refractivity contribution is -0.460. The molecule has 0 aromatic carbocycles. The Labute approximate surface area is 204 Å². The minimum Gasteiger partial charge on any atom is -0.276 e. The Bertz CT molecular complexity index is 966. The number of alkyl halides is 23. The molecular formula is C12F26O2Si. The second kappa shape index (κ2) is 10.1. The highest BCUT2D eigenvalue weighted by Gasteiger charge is 2.95. The molecule has 0 aromatic rings. The molecule has 0 radical (unpaired) electrons. The molecular weight excluding hydrogens is 698 g/mol. The van der Waals surface area contributed by atoms with Gasteiger partial charge in [0.15, 0.2) is 0 Å². The van der Waals surface area contributed by atoms with Crippen LogP contribution in [0.1, 0.15) is 0 Å². The molecule has 29 heteroatoms. The number of hydrogen-bond donors (Lipinski definition) is 0. The van der Waals surface area contributed by atoms with Crippen LogP contribution in [0.4, 0.5) is 114 Å². The number of hydrogen-bond acceptors (Lipinski definition) is 2. The van der Waals surface area contributed by atoms with Crippen LogP contribution in [0, 0.1) is 0 Å². The van der Waals surface area contributed by atoms with Crippen molar-refractivity contribution in [2.45, 2.75) is 60.4 Å². The van der Waals surface area contributed by atoms with Gasteiger partial charge in [0.25, 0.3) is 0 Å². The van der Waals surface area contributed by atoms with Crippen LogP contribution in [0.5, 0.6) is 0 Å². The Kier molecular flexibility index (Phi) is 9.59. The quantitative estimate of drug-likeness (QED) is 0.129. The molecule has 0 spiro atoms. The molecule has 0 saturated heterocycles. The van der Waals surface area contributed by atoms with E-state index < -0.39 is 80.5 Å². The Morgan fingerprint density at radius 3 is 0.878 bits per heavy atom. The van der Waals surface area contributed by atoms with Gasteiger partial charge in [-0.15, -0.1) is 26.3 Å². The van der Waals surface area contributed by atoms with Gasteiger partial charge in [0.2, 0.25) is 11.3 Å². The lowest BCUT2D eigenvalue weighted by Crippen LogP contribution is -2.74. The molecule has 0 aliphatic carbocycles. The topological polar surface area (TPSA) is 18.5 Å². The standard InChI is InChI=1S/C12F26O2Si/c13-1(2(14)41(38,39-11(32,33)34)40-12(35,36)37)3(15,16)4(17,18)5(19,20)6(21,22)7(23,24)8(25,26)9(27,28)10(29,30)31. The van der Waals surface area contributed by atoms with E-state index >= 15 is 0 Å². The summed E-state index contributed by atoms with van der Waals surface area (Å²) in [4.78, 5) is 0. The summed E-state index contributed by atoms with van der Waals surface area (Å²) in [5, 5.41) is 0. The van der Waals surface area contributed by atoms with Gasteiger partial charge >= 0.3 is 69.3 Å². The Morgan fingerprint density at radius 1 is 0.390 bits per heavy atom. The third kappa shape index (κ3) is 6.24. The van der Waals surface area contributed by atoms with E-state index in [9.17, 15) is 114 Å². The minimum atomic E-state index is -9.38. The van der Waals surface area contributed by atoms with Gasteiger partial charge in [-0.1, -0.05) is 0 Å². The highest BCUT2D eigenvalue weighted by Crippen LogP contribution is 2.65. The molecule has 0 unspecified atom stereocenters. The summed E-state index contributed by atoms with van der Waals surface area (Å²) < 4.78 is 338. The molecule has 2 nitrogen and oxygen atoms in total. The van der Waals surface area contributed by atoms with Crippen LogP contribution < -0.4 is 0 Å². The molecule has 0 atom stereocenters. The lowest BCUT2D eigenvalue weighted by atomic mass is 9.89. The average molecular weight is 698 g/mol. The van der Waals surface area contributed by atoms with Crippen molar-refractivity contribution in [3.63, 3.8) is 0 Å². The summed E-state index contributed by atoms with van der Waals surface area (Å²) >= 11 is 0. The van der Waals surface area contributed by atoms with Crippen LogP contribution in [-0.2, 0) is 8.85 Å². The van der Waals surface area contributed by atoms with Crippen molar-refractivity contribution >= 4 is 8.89 Å². The van der Waals surface area contributed by atoms with Crippen molar-refractivity contribution < 1.29 is 123 Å². The molecule has 0 bridgehead atoms. The van der Waals surface area contributed by atoms with Gasteiger partial charge in [0, 0.05) is 0 Å². The van der Waals surface area contributed by atoms with Crippen LogP contribution in [0.3, 0.4) is 0 Å². The first-order chi connectivity index (χ1) is 17.2. The first kappa shape index (κ1) is 39.1. The second-order valence-corrected chi connectivity index (χ2v) is 8.70. The van der Waals surface area contributed by atoms with E-state index in [4.69, 9.17) is 0 Å². The molecule has 0 rings (SSSR count). The first-order valence-electron chi connectivity index (χ1n) is 8.23. The summed E-state index contributed by atoms with van der Waals surface area (Å²) in [5.74, 6) is -69.3. The van der Waals surface area contributed by atoms with Crippen LogP contribution in [0.25, 0.3) is 0 Å². The molecule has 0 fully saturated rings. The van der Waals surface area contributed by atoms with Gasteiger partial charge < -0.3 is 0 Å². The van der Waals surface area contributed by atoms with Crippen LogP contribution >= 0.6 is 0 Å². The summed E-state index contributed by atoms with van der Waals surface area (Å²) in [7, 11) is -9.24. The van der Waals surface area contributed by atoms with E-state index in [0.717, 1.165) is 0 Å². The minimum absolute atomic E-state index is 1.55. The van der Waals surface area contributed by atoms with Crippen LogP contribution in [0.15, 0.2) is 11.3 Å². The molecule has 41 heavy (non-hydrogen) atoms. The van der Waals surface area contributed by atoms with Gasteiger partial charge in [-0.3, -0.25) is 8.85 Å². The Morgan fingerprint density at radius 2 is 0.634 bits per heavy atom. The largest absolute Gasteiger partial charge is 0.621 e. The number of allylic oxidation sites excluding steroid dienone is 1. The number of halogens is 26. The SMILES string of the molecule is FC(=C(F)[Si](F)(OC(F)(F)F)OC(F)(F)F)C(F)(F)C(F)(F)C(F)(F)C(F)(F)C(F)(F)C(F)(F)C(F)(F)C(F)(F)F. The lowest BCUT2D eigenvalue weighted by Gasteiger charge is -2.42. The monoisotopic (exact) mass is 698 g/mol. The van der Waals surface area contributed by atoms with Gasteiger partial charge in [-0.2, -0.15) is 74.6 Å².